The fourth-order valence-corrected chi connectivity index (χ4v) is 5.12. The first-order valence-electron chi connectivity index (χ1n) is 10.1. The molecule has 28 heavy (non-hydrogen) atoms. The van der Waals surface area contributed by atoms with E-state index in [1.807, 2.05) is 6.33 Å². The van der Waals surface area contributed by atoms with E-state index >= 15 is 0 Å². The number of benzene rings is 2. The number of hydrogen-bond donors (Lipinski definition) is 0. The molecule has 2 saturated heterocycles. The minimum absolute atomic E-state index is 0.282. The van der Waals surface area contributed by atoms with Crippen molar-refractivity contribution in [3.8, 4) is 0 Å². The van der Waals surface area contributed by atoms with Gasteiger partial charge in [-0.3, -0.25) is 9.80 Å². The summed E-state index contributed by atoms with van der Waals surface area (Å²) < 4.78 is 2.11. The molecular weight excluding hydrogens is 346 g/mol. The van der Waals surface area contributed by atoms with Crippen LogP contribution in [0.25, 0.3) is 0 Å². The van der Waals surface area contributed by atoms with Crippen molar-refractivity contribution in [3.63, 3.8) is 0 Å². The van der Waals surface area contributed by atoms with E-state index in [1.54, 1.807) is 0 Å². The summed E-state index contributed by atoms with van der Waals surface area (Å²) >= 11 is 0. The van der Waals surface area contributed by atoms with Gasteiger partial charge in [0, 0.05) is 57.6 Å². The molecule has 0 aliphatic carbocycles. The summed E-state index contributed by atoms with van der Waals surface area (Å²) in [6, 6.07) is 21.6. The van der Waals surface area contributed by atoms with Gasteiger partial charge in [-0.25, -0.2) is 0 Å². The van der Waals surface area contributed by atoms with Crippen molar-refractivity contribution in [2.75, 3.05) is 26.2 Å². The third kappa shape index (κ3) is 3.25. The van der Waals surface area contributed by atoms with Gasteiger partial charge in [0.05, 0.1) is 0 Å². The van der Waals surface area contributed by atoms with Crippen LogP contribution in [0.5, 0.6) is 0 Å². The third-order valence-electron chi connectivity index (χ3n) is 6.35. The van der Waals surface area contributed by atoms with Crippen molar-refractivity contribution in [2.24, 2.45) is 12.5 Å². The van der Waals surface area contributed by atoms with Crippen molar-refractivity contribution >= 4 is 0 Å². The minimum atomic E-state index is 0.282. The second-order valence-electron chi connectivity index (χ2n) is 8.50. The summed E-state index contributed by atoms with van der Waals surface area (Å²) in [7, 11) is 2.07. The minimum Gasteiger partial charge on any atom is -0.320 e. The van der Waals surface area contributed by atoms with E-state index in [1.165, 1.54) is 11.1 Å². The van der Waals surface area contributed by atoms with Crippen LogP contribution in [0.1, 0.15) is 22.9 Å². The predicted octanol–water partition coefficient (Wildman–Crippen LogP) is 2.92. The van der Waals surface area contributed by atoms with Gasteiger partial charge in [-0.05, 0) is 11.1 Å². The van der Waals surface area contributed by atoms with E-state index in [9.17, 15) is 0 Å². The van der Waals surface area contributed by atoms with E-state index < -0.39 is 0 Å². The van der Waals surface area contributed by atoms with Crippen LogP contribution in [0.4, 0.5) is 0 Å². The highest BCUT2D eigenvalue weighted by atomic mass is 15.3. The second-order valence-corrected chi connectivity index (χ2v) is 8.50. The lowest BCUT2D eigenvalue weighted by Crippen LogP contribution is -2.59. The summed E-state index contributed by atoms with van der Waals surface area (Å²) in [5.41, 5.74) is 3.06. The molecule has 1 atom stereocenters. The first-order chi connectivity index (χ1) is 13.7. The maximum atomic E-state index is 4.49. The molecule has 1 spiro atoms. The number of nitrogens with zero attached hydrogens (tertiary/aromatic N) is 5. The predicted molar refractivity (Wildman–Crippen MR) is 110 cm³/mol. The third-order valence-corrected chi connectivity index (χ3v) is 6.35. The molecule has 2 aromatic carbocycles. The molecule has 5 rings (SSSR count). The van der Waals surface area contributed by atoms with Gasteiger partial charge in [0.1, 0.15) is 12.2 Å². The van der Waals surface area contributed by atoms with E-state index in [-0.39, 0.29) is 5.41 Å². The van der Waals surface area contributed by atoms with Gasteiger partial charge < -0.3 is 4.57 Å². The van der Waals surface area contributed by atoms with Gasteiger partial charge in [0.25, 0.3) is 0 Å². The average molecular weight is 374 g/mol. The number of aromatic nitrogens is 3. The molecule has 3 heterocycles. The highest BCUT2D eigenvalue weighted by molar-refractivity contribution is 5.21. The summed E-state index contributed by atoms with van der Waals surface area (Å²) in [6.07, 6.45) is 1.84. The van der Waals surface area contributed by atoms with Crippen molar-refractivity contribution in [2.45, 2.75) is 19.0 Å². The fourth-order valence-electron chi connectivity index (χ4n) is 5.12. The molecule has 0 saturated carbocycles. The van der Waals surface area contributed by atoms with Gasteiger partial charge >= 0.3 is 0 Å². The van der Waals surface area contributed by atoms with Crippen molar-refractivity contribution < 1.29 is 0 Å². The van der Waals surface area contributed by atoms with Crippen LogP contribution in [0.15, 0.2) is 67.0 Å². The van der Waals surface area contributed by atoms with Crippen LogP contribution in [0.2, 0.25) is 0 Å². The number of likely N-dealkylation sites (tertiary alicyclic amines) is 2. The summed E-state index contributed by atoms with van der Waals surface area (Å²) in [4.78, 5) is 5.18. The lowest BCUT2D eigenvalue weighted by molar-refractivity contribution is -0.0116. The molecule has 2 aliphatic rings. The Kier molecular flexibility index (Phi) is 4.49. The quantitative estimate of drug-likeness (QED) is 0.689. The van der Waals surface area contributed by atoms with E-state index in [4.69, 9.17) is 0 Å². The molecule has 0 amide bonds. The van der Waals surface area contributed by atoms with Crippen LogP contribution in [0.3, 0.4) is 0 Å². The van der Waals surface area contributed by atoms with E-state index in [0.717, 1.165) is 45.1 Å². The van der Waals surface area contributed by atoms with Crippen LogP contribution in [-0.2, 0) is 20.1 Å². The zero-order valence-corrected chi connectivity index (χ0v) is 16.4. The molecular formula is C23H27N5. The maximum Gasteiger partial charge on any atom is 0.137 e. The molecule has 0 N–H and O–H groups in total. The number of aryl methyl sites for hydroxylation is 1. The van der Waals surface area contributed by atoms with Crippen molar-refractivity contribution in [1.82, 2.24) is 24.6 Å². The highest BCUT2D eigenvalue weighted by Gasteiger charge is 2.55. The smallest absolute Gasteiger partial charge is 0.137 e. The van der Waals surface area contributed by atoms with Crippen LogP contribution in [0, 0.1) is 5.41 Å². The van der Waals surface area contributed by atoms with E-state index in [0.29, 0.717) is 5.92 Å². The van der Waals surface area contributed by atoms with Gasteiger partial charge in [-0.1, -0.05) is 60.7 Å². The molecule has 0 bridgehead atoms. The monoisotopic (exact) mass is 373 g/mol. The first-order valence-corrected chi connectivity index (χ1v) is 10.1. The van der Waals surface area contributed by atoms with Crippen LogP contribution in [-0.4, -0.2) is 50.7 Å². The van der Waals surface area contributed by atoms with Crippen LogP contribution >= 0.6 is 0 Å². The Labute approximate surface area is 166 Å². The summed E-state index contributed by atoms with van der Waals surface area (Å²) in [5.74, 6) is 1.57. The van der Waals surface area contributed by atoms with Crippen molar-refractivity contribution in [3.05, 3.63) is 83.9 Å². The van der Waals surface area contributed by atoms with Gasteiger partial charge in [-0.15, -0.1) is 10.2 Å². The van der Waals surface area contributed by atoms with Gasteiger partial charge in [0.2, 0.25) is 0 Å². The first kappa shape index (κ1) is 17.6. The normalized spacial score (nSPS) is 21.8. The SMILES string of the molecule is Cn1cnnc1C1CN(Cc2ccccc2)CC12CN(Cc1ccccc1)C2. The molecule has 0 radical (unpaired) electrons. The summed E-state index contributed by atoms with van der Waals surface area (Å²) in [6.45, 7) is 6.49. The Morgan fingerprint density at radius 1 is 0.857 bits per heavy atom. The largest absolute Gasteiger partial charge is 0.320 e. The molecule has 3 aromatic rings. The Morgan fingerprint density at radius 3 is 2.00 bits per heavy atom. The zero-order valence-electron chi connectivity index (χ0n) is 16.4. The molecule has 2 fully saturated rings. The number of hydrogen-bond acceptors (Lipinski definition) is 4. The lowest BCUT2D eigenvalue weighted by atomic mass is 9.71. The molecule has 5 nitrogen and oxygen atoms in total. The molecule has 144 valence electrons. The lowest BCUT2D eigenvalue weighted by Gasteiger charge is -2.51. The molecule has 1 aromatic heterocycles. The Hall–Kier alpha value is -2.50. The van der Waals surface area contributed by atoms with Crippen LogP contribution < -0.4 is 0 Å². The maximum absolute atomic E-state index is 4.49. The fraction of sp³-hybridized carbons (Fsp3) is 0.391. The Balaban J connectivity index is 1.33. The molecule has 5 heteroatoms. The van der Waals surface area contributed by atoms with Crippen molar-refractivity contribution in [1.29, 1.82) is 0 Å². The number of rotatable bonds is 5. The van der Waals surface area contributed by atoms with Gasteiger partial charge in [0.15, 0.2) is 0 Å². The Morgan fingerprint density at radius 2 is 1.43 bits per heavy atom. The van der Waals surface area contributed by atoms with Gasteiger partial charge in [-0.2, -0.15) is 0 Å². The standard InChI is InChI=1S/C23H27N5/c1-26-18-24-25-22(26)21-14-27(12-19-8-4-2-5-9-19)15-23(21)16-28(17-23)13-20-10-6-3-7-11-20/h2-11,18,21H,12-17H2,1H3. The Bertz CT molecular complexity index is 914. The summed E-state index contributed by atoms with van der Waals surface area (Å²) in [5, 5.41) is 8.66. The van der Waals surface area contributed by atoms with E-state index in [2.05, 4.69) is 92.3 Å². The zero-order chi connectivity index (χ0) is 19.0. The average Bonchev–Trinajstić information content (AvgIpc) is 3.26. The topological polar surface area (TPSA) is 37.2 Å². The molecule has 2 aliphatic heterocycles. The molecule has 1 unspecified atom stereocenters. The second kappa shape index (κ2) is 7.15. The highest BCUT2D eigenvalue weighted by Crippen LogP contribution is 2.49.